The smallest absolute Gasteiger partial charge is 0.133 e. The van der Waals surface area contributed by atoms with Crippen LogP contribution in [0, 0.1) is 0 Å². The van der Waals surface area contributed by atoms with Gasteiger partial charge in [0.15, 0.2) is 0 Å². The Balaban J connectivity index is 2.09. The number of fused-ring (bicyclic) bond motifs is 1. The molecule has 1 atom stereocenters. The van der Waals surface area contributed by atoms with E-state index in [4.69, 9.17) is 4.74 Å². The van der Waals surface area contributed by atoms with E-state index in [0.29, 0.717) is 18.1 Å². The van der Waals surface area contributed by atoms with Gasteiger partial charge in [-0.2, -0.15) is 0 Å². The molecule has 1 unspecified atom stereocenters. The number of ether oxygens (including phenoxy) is 1. The van der Waals surface area contributed by atoms with Gasteiger partial charge in [-0.3, -0.25) is 4.79 Å². The fraction of sp³-hybridized carbons (Fsp3) is 0.438. The second-order valence-electron chi connectivity index (χ2n) is 5.41. The molecule has 1 fully saturated rings. The zero-order valence-electron chi connectivity index (χ0n) is 11.5. The van der Waals surface area contributed by atoms with E-state index in [1.807, 2.05) is 6.07 Å². The van der Waals surface area contributed by atoms with Crippen molar-refractivity contribution in [1.29, 1.82) is 0 Å². The van der Waals surface area contributed by atoms with Crippen LogP contribution in [-0.2, 0) is 11.8 Å². The summed E-state index contributed by atoms with van der Waals surface area (Å²) in [6, 6.07) is 6.16. The summed E-state index contributed by atoms with van der Waals surface area (Å²) in [4.78, 5) is 11.7. The lowest BCUT2D eigenvalue weighted by Gasteiger charge is -2.20. The molecule has 1 heterocycles. The summed E-state index contributed by atoms with van der Waals surface area (Å²) in [5, 5.41) is 1.22. The van der Waals surface area contributed by atoms with Gasteiger partial charge in [-0.1, -0.05) is 0 Å². The predicted octanol–water partition coefficient (Wildman–Crippen LogP) is 3.41. The summed E-state index contributed by atoms with van der Waals surface area (Å²) in [7, 11) is 3.75. The number of Topliss-reactive ketones (excluding diaryl/α,β-unsaturated/α-hetero) is 1. The summed E-state index contributed by atoms with van der Waals surface area (Å²) in [5.74, 6) is 1.65. The lowest BCUT2D eigenvalue weighted by Crippen LogP contribution is -2.13. The molecule has 0 bridgehead atoms. The standard InChI is InChI=1S/C16H19NO2/c1-17-10-15(11-4-3-5-12(18)8-11)14-9-13(19-2)6-7-16(14)17/h6-7,9-11H,3-5,8H2,1-2H3. The van der Waals surface area contributed by atoms with Gasteiger partial charge in [0.25, 0.3) is 0 Å². The number of methoxy groups -OCH3 is 1. The van der Waals surface area contributed by atoms with Crippen LogP contribution in [0.5, 0.6) is 5.75 Å². The SMILES string of the molecule is COc1ccc2c(c1)c(C1CCCC(=O)C1)cn2C. The van der Waals surface area contributed by atoms with Crippen molar-refractivity contribution in [2.45, 2.75) is 31.6 Å². The maximum Gasteiger partial charge on any atom is 0.133 e. The summed E-state index contributed by atoms with van der Waals surface area (Å²) in [6.07, 6.45) is 5.75. The normalized spacial score (nSPS) is 19.9. The topological polar surface area (TPSA) is 31.2 Å². The highest BCUT2D eigenvalue weighted by Crippen LogP contribution is 2.37. The van der Waals surface area contributed by atoms with Gasteiger partial charge in [0, 0.05) is 37.0 Å². The van der Waals surface area contributed by atoms with Crippen molar-refractivity contribution >= 4 is 16.7 Å². The molecule has 2 aromatic rings. The molecule has 100 valence electrons. The Kier molecular flexibility index (Phi) is 3.05. The van der Waals surface area contributed by atoms with Crippen molar-refractivity contribution < 1.29 is 9.53 Å². The van der Waals surface area contributed by atoms with E-state index in [-0.39, 0.29) is 0 Å². The Hall–Kier alpha value is -1.77. The largest absolute Gasteiger partial charge is 0.497 e. The summed E-state index contributed by atoms with van der Waals surface area (Å²) in [6.45, 7) is 0. The van der Waals surface area contributed by atoms with E-state index in [0.717, 1.165) is 25.0 Å². The minimum absolute atomic E-state index is 0.372. The Morgan fingerprint density at radius 3 is 2.95 bits per heavy atom. The third-order valence-electron chi connectivity index (χ3n) is 4.15. The number of aryl methyl sites for hydroxylation is 1. The molecule has 1 aromatic heterocycles. The van der Waals surface area contributed by atoms with Crippen LogP contribution < -0.4 is 4.74 Å². The van der Waals surface area contributed by atoms with Crippen molar-refractivity contribution in [2.24, 2.45) is 7.05 Å². The first-order valence-electron chi connectivity index (χ1n) is 6.83. The Morgan fingerprint density at radius 1 is 1.37 bits per heavy atom. The average Bonchev–Trinajstić information content (AvgIpc) is 2.75. The fourth-order valence-corrected chi connectivity index (χ4v) is 3.14. The molecule has 0 spiro atoms. The molecule has 0 saturated heterocycles. The van der Waals surface area contributed by atoms with Gasteiger partial charge in [0.1, 0.15) is 11.5 Å². The van der Waals surface area contributed by atoms with Crippen molar-refractivity contribution in [3.05, 3.63) is 30.0 Å². The number of ketones is 1. The van der Waals surface area contributed by atoms with E-state index in [1.165, 1.54) is 16.5 Å². The van der Waals surface area contributed by atoms with Crippen molar-refractivity contribution in [3.8, 4) is 5.75 Å². The van der Waals surface area contributed by atoms with Gasteiger partial charge in [-0.25, -0.2) is 0 Å². The first-order chi connectivity index (χ1) is 9.19. The Bertz CT molecular complexity index is 627. The molecule has 1 saturated carbocycles. The molecule has 0 amide bonds. The monoisotopic (exact) mass is 257 g/mol. The van der Waals surface area contributed by atoms with Gasteiger partial charge >= 0.3 is 0 Å². The number of carbonyl (C=O) groups excluding carboxylic acids is 1. The van der Waals surface area contributed by atoms with Gasteiger partial charge < -0.3 is 9.30 Å². The average molecular weight is 257 g/mol. The quantitative estimate of drug-likeness (QED) is 0.825. The lowest BCUT2D eigenvalue weighted by atomic mass is 9.83. The predicted molar refractivity (Wildman–Crippen MR) is 75.7 cm³/mol. The number of carbonyl (C=O) groups is 1. The first kappa shape index (κ1) is 12.3. The molecule has 0 N–H and O–H groups in total. The Morgan fingerprint density at radius 2 is 2.21 bits per heavy atom. The molecule has 3 heteroatoms. The van der Waals surface area contributed by atoms with E-state index in [2.05, 4.69) is 29.9 Å². The second-order valence-corrected chi connectivity index (χ2v) is 5.41. The third kappa shape index (κ3) is 2.14. The highest BCUT2D eigenvalue weighted by Gasteiger charge is 2.24. The highest BCUT2D eigenvalue weighted by atomic mass is 16.5. The number of hydrogen-bond acceptors (Lipinski definition) is 2. The van der Waals surface area contributed by atoms with Crippen LogP contribution >= 0.6 is 0 Å². The molecular formula is C16H19NO2. The molecule has 1 aliphatic carbocycles. The number of benzene rings is 1. The first-order valence-corrected chi connectivity index (χ1v) is 6.83. The van der Waals surface area contributed by atoms with Crippen LogP contribution in [0.4, 0.5) is 0 Å². The molecule has 3 nitrogen and oxygen atoms in total. The van der Waals surface area contributed by atoms with Crippen LogP contribution in [-0.4, -0.2) is 17.5 Å². The molecular weight excluding hydrogens is 238 g/mol. The Labute approximate surface area is 113 Å². The van der Waals surface area contributed by atoms with Crippen molar-refractivity contribution in [2.75, 3.05) is 7.11 Å². The van der Waals surface area contributed by atoms with E-state index in [9.17, 15) is 4.79 Å². The number of hydrogen-bond donors (Lipinski definition) is 0. The molecule has 1 aromatic carbocycles. The van der Waals surface area contributed by atoms with Crippen molar-refractivity contribution in [1.82, 2.24) is 4.57 Å². The fourth-order valence-electron chi connectivity index (χ4n) is 3.14. The van der Waals surface area contributed by atoms with Crippen LogP contribution in [0.25, 0.3) is 10.9 Å². The molecule has 1 aliphatic rings. The van der Waals surface area contributed by atoms with Gasteiger partial charge in [0.05, 0.1) is 7.11 Å². The van der Waals surface area contributed by atoms with Crippen LogP contribution in [0.3, 0.4) is 0 Å². The molecule has 19 heavy (non-hydrogen) atoms. The molecule has 3 rings (SSSR count). The van der Waals surface area contributed by atoms with E-state index in [1.54, 1.807) is 7.11 Å². The summed E-state index contributed by atoms with van der Waals surface area (Å²) >= 11 is 0. The van der Waals surface area contributed by atoms with Gasteiger partial charge in [-0.05, 0) is 42.5 Å². The lowest BCUT2D eigenvalue weighted by molar-refractivity contribution is -0.120. The zero-order chi connectivity index (χ0) is 13.4. The summed E-state index contributed by atoms with van der Waals surface area (Å²) in [5.41, 5.74) is 2.50. The minimum Gasteiger partial charge on any atom is -0.497 e. The van der Waals surface area contributed by atoms with E-state index >= 15 is 0 Å². The van der Waals surface area contributed by atoms with Gasteiger partial charge in [-0.15, -0.1) is 0 Å². The van der Waals surface area contributed by atoms with Crippen LogP contribution in [0.15, 0.2) is 24.4 Å². The third-order valence-corrected chi connectivity index (χ3v) is 4.15. The van der Waals surface area contributed by atoms with Crippen LogP contribution in [0.1, 0.15) is 37.2 Å². The summed E-state index contributed by atoms with van der Waals surface area (Å²) < 4.78 is 7.46. The zero-order valence-corrected chi connectivity index (χ0v) is 11.5. The maximum absolute atomic E-state index is 11.7. The van der Waals surface area contributed by atoms with E-state index < -0.39 is 0 Å². The van der Waals surface area contributed by atoms with Gasteiger partial charge in [0.2, 0.25) is 0 Å². The number of rotatable bonds is 2. The maximum atomic E-state index is 11.7. The highest BCUT2D eigenvalue weighted by molar-refractivity contribution is 5.87. The molecule has 0 aliphatic heterocycles. The molecule has 0 radical (unpaired) electrons. The number of aromatic nitrogens is 1. The minimum atomic E-state index is 0.372. The number of nitrogens with zero attached hydrogens (tertiary/aromatic N) is 1. The van der Waals surface area contributed by atoms with Crippen LogP contribution in [0.2, 0.25) is 0 Å². The van der Waals surface area contributed by atoms with Crippen molar-refractivity contribution in [3.63, 3.8) is 0 Å². The second kappa shape index (κ2) is 4.72.